The van der Waals surface area contributed by atoms with Crippen molar-refractivity contribution in [3.8, 4) is 5.75 Å². The number of benzene rings is 1. The first-order chi connectivity index (χ1) is 13.7. The fraction of sp³-hybridized carbons (Fsp3) is 0.238. The number of rotatable bonds is 8. The van der Waals surface area contributed by atoms with Gasteiger partial charge in [0.15, 0.2) is 0 Å². The maximum atomic E-state index is 12.4. The van der Waals surface area contributed by atoms with E-state index in [1.807, 2.05) is 36.4 Å². The molecule has 2 N–H and O–H groups in total. The average Bonchev–Trinajstić information content (AvgIpc) is 2.72. The van der Waals surface area contributed by atoms with Gasteiger partial charge in [-0.2, -0.15) is 0 Å². The van der Waals surface area contributed by atoms with Crippen LogP contribution in [0.15, 0.2) is 54.9 Å². The Morgan fingerprint density at radius 3 is 2.68 bits per heavy atom. The lowest BCUT2D eigenvalue weighted by atomic mass is 10.1. The maximum absolute atomic E-state index is 12.4. The second-order valence-electron chi connectivity index (χ2n) is 6.21. The van der Waals surface area contributed by atoms with Gasteiger partial charge < -0.3 is 15.4 Å². The maximum Gasteiger partial charge on any atom is 0.270 e. The Kier molecular flexibility index (Phi) is 6.51. The molecule has 0 radical (unpaired) electrons. The summed E-state index contributed by atoms with van der Waals surface area (Å²) in [4.78, 5) is 25.0. The number of para-hydroxylation sites is 1. The summed E-state index contributed by atoms with van der Waals surface area (Å²) >= 11 is 0. The molecular weight excluding hydrogens is 354 g/mol. The molecule has 0 saturated carbocycles. The van der Waals surface area contributed by atoms with Crippen LogP contribution in [0, 0.1) is 6.92 Å². The Morgan fingerprint density at radius 2 is 1.89 bits per heavy atom. The molecule has 0 fully saturated rings. The predicted octanol–water partition coefficient (Wildman–Crippen LogP) is 2.77. The zero-order valence-electron chi connectivity index (χ0n) is 16.0. The molecule has 0 unspecified atom stereocenters. The quantitative estimate of drug-likeness (QED) is 0.627. The second kappa shape index (κ2) is 9.45. The molecule has 0 spiro atoms. The molecule has 2 aromatic heterocycles. The van der Waals surface area contributed by atoms with Gasteiger partial charge in [-0.15, -0.1) is 0 Å². The minimum Gasteiger partial charge on any atom is -0.496 e. The molecule has 0 aliphatic carbocycles. The highest BCUT2D eigenvalue weighted by molar-refractivity contribution is 5.92. The van der Waals surface area contributed by atoms with Crippen molar-refractivity contribution in [3.63, 3.8) is 0 Å². The number of carbonyl (C=O) groups excluding carboxylic acids is 1. The Hall–Kier alpha value is -3.48. The number of nitrogens with one attached hydrogen (secondary N) is 2. The normalized spacial score (nSPS) is 10.4. The van der Waals surface area contributed by atoms with Crippen LogP contribution in [-0.4, -0.2) is 34.5 Å². The average molecular weight is 377 g/mol. The fourth-order valence-electron chi connectivity index (χ4n) is 2.78. The van der Waals surface area contributed by atoms with Gasteiger partial charge in [-0.25, -0.2) is 9.97 Å². The first-order valence-electron chi connectivity index (χ1n) is 9.04. The van der Waals surface area contributed by atoms with E-state index < -0.39 is 0 Å². The van der Waals surface area contributed by atoms with Crippen molar-refractivity contribution in [1.82, 2.24) is 20.3 Å². The van der Waals surface area contributed by atoms with E-state index in [0.29, 0.717) is 30.4 Å². The zero-order chi connectivity index (χ0) is 19.8. The molecule has 7 nitrogen and oxygen atoms in total. The van der Waals surface area contributed by atoms with Crippen LogP contribution >= 0.6 is 0 Å². The summed E-state index contributed by atoms with van der Waals surface area (Å²) in [7, 11) is 1.66. The smallest absolute Gasteiger partial charge is 0.270 e. The summed E-state index contributed by atoms with van der Waals surface area (Å²) in [5.41, 5.74) is 2.42. The van der Waals surface area contributed by atoms with Gasteiger partial charge in [0.2, 0.25) is 0 Å². The molecule has 2 heterocycles. The number of anilines is 1. The van der Waals surface area contributed by atoms with Gasteiger partial charge in [-0.1, -0.05) is 18.2 Å². The highest BCUT2D eigenvalue weighted by atomic mass is 16.5. The first kappa shape index (κ1) is 19.3. The van der Waals surface area contributed by atoms with E-state index in [0.717, 1.165) is 23.3 Å². The lowest BCUT2D eigenvalue weighted by Gasteiger charge is -2.11. The molecule has 7 heteroatoms. The van der Waals surface area contributed by atoms with Crippen molar-refractivity contribution in [2.75, 3.05) is 19.0 Å². The van der Waals surface area contributed by atoms with Crippen molar-refractivity contribution in [2.45, 2.75) is 19.9 Å². The summed E-state index contributed by atoms with van der Waals surface area (Å²) in [6, 6.07) is 13.3. The molecular formula is C21H23N5O2. The van der Waals surface area contributed by atoms with Gasteiger partial charge in [0, 0.05) is 31.5 Å². The van der Waals surface area contributed by atoms with Crippen LogP contribution in [0.1, 0.15) is 27.4 Å². The molecule has 28 heavy (non-hydrogen) atoms. The van der Waals surface area contributed by atoms with Crippen LogP contribution in [0.4, 0.5) is 5.82 Å². The van der Waals surface area contributed by atoms with Crippen LogP contribution in [0.5, 0.6) is 5.75 Å². The molecule has 0 aliphatic rings. The summed E-state index contributed by atoms with van der Waals surface area (Å²) in [6.07, 6.45) is 4.16. The molecule has 0 saturated heterocycles. The van der Waals surface area contributed by atoms with Crippen LogP contribution in [-0.2, 0) is 13.0 Å². The predicted molar refractivity (Wildman–Crippen MR) is 107 cm³/mol. The standard InChI is InChI=1S/C21H23N5O2/c1-15-25-18(21(27)24-14-16-7-10-22-11-8-16)13-20(26-15)23-12-9-17-5-3-4-6-19(17)28-2/h3-8,10-11,13H,9,12,14H2,1-2H3,(H,24,27)(H,23,25,26). The molecule has 0 atom stereocenters. The third kappa shape index (κ3) is 5.26. The van der Waals surface area contributed by atoms with E-state index in [1.165, 1.54) is 0 Å². The monoisotopic (exact) mass is 377 g/mol. The topological polar surface area (TPSA) is 89.0 Å². The van der Waals surface area contributed by atoms with Crippen molar-refractivity contribution in [3.05, 3.63) is 77.5 Å². The van der Waals surface area contributed by atoms with Crippen LogP contribution in [0.3, 0.4) is 0 Å². The number of methoxy groups -OCH3 is 1. The molecule has 0 aliphatic heterocycles. The van der Waals surface area contributed by atoms with Gasteiger partial charge in [0.1, 0.15) is 23.1 Å². The van der Waals surface area contributed by atoms with Gasteiger partial charge >= 0.3 is 0 Å². The first-order valence-corrected chi connectivity index (χ1v) is 9.04. The van der Waals surface area contributed by atoms with E-state index in [1.54, 1.807) is 32.5 Å². The van der Waals surface area contributed by atoms with Gasteiger partial charge in [0.25, 0.3) is 5.91 Å². The minimum absolute atomic E-state index is 0.241. The lowest BCUT2D eigenvalue weighted by molar-refractivity contribution is 0.0945. The fourth-order valence-corrected chi connectivity index (χ4v) is 2.78. The van der Waals surface area contributed by atoms with Crippen LogP contribution in [0.2, 0.25) is 0 Å². The molecule has 3 rings (SSSR count). The number of hydrogen-bond donors (Lipinski definition) is 2. The number of hydrogen-bond acceptors (Lipinski definition) is 6. The Labute approximate surface area is 164 Å². The van der Waals surface area contributed by atoms with Crippen molar-refractivity contribution >= 4 is 11.7 Å². The van der Waals surface area contributed by atoms with Crippen molar-refractivity contribution < 1.29 is 9.53 Å². The summed E-state index contributed by atoms with van der Waals surface area (Å²) < 4.78 is 5.37. The number of pyridine rings is 1. The van der Waals surface area contributed by atoms with E-state index in [9.17, 15) is 4.79 Å². The zero-order valence-corrected chi connectivity index (χ0v) is 16.0. The number of nitrogens with zero attached hydrogens (tertiary/aromatic N) is 3. The number of amides is 1. The van der Waals surface area contributed by atoms with Crippen LogP contribution in [0.25, 0.3) is 0 Å². The van der Waals surface area contributed by atoms with Crippen molar-refractivity contribution in [2.24, 2.45) is 0 Å². The van der Waals surface area contributed by atoms with Gasteiger partial charge in [-0.3, -0.25) is 9.78 Å². The lowest BCUT2D eigenvalue weighted by Crippen LogP contribution is -2.24. The largest absolute Gasteiger partial charge is 0.496 e. The Morgan fingerprint density at radius 1 is 1.11 bits per heavy atom. The highest BCUT2D eigenvalue weighted by Crippen LogP contribution is 2.18. The van der Waals surface area contributed by atoms with Crippen LogP contribution < -0.4 is 15.4 Å². The molecule has 0 bridgehead atoms. The van der Waals surface area contributed by atoms with Crippen molar-refractivity contribution in [1.29, 1.82) is 0 Å². The van der Waals surface area contributed by atoms with E-state index in [2.05, 4.69) is 25.6 Å². The minimum atomic E-state index is -0.241. The molecule has 1 amide bonds. The SMILES string of the molecule is COc1ccccc1CCNc1cc(C(=O)NCc2ccncc2)nc(C)n1. The third-order valence-electron chi connectivity index (χ3n) is 4.17. The number of aryl methyl sites for hydroxylation is 1. The Balaban J connectivity index is 1.60. The summed E-state index contributed by atoms with van der Waals surface area (Å²) in [6.45, 7) is 2.85. The Bertz CT molecular complexity index is 931. The number of aromatic nitrogens is 3. The third-order valence-corrected chi connectivity index (χ3v) is 4.17. The molecule has 1 aromatic carbocycles. The summed E-state index contributed by atoms with van der Waals surface area (Å²) in [5.74, 6) is 1.78. The van der Waals surface area contributed by atoms with E-state index in [4.69, 9.17) is 4.74 Å². The van der Waals surface area contributed by atoms with E-state index >= 15 is 0 Å². The molecule has 3 aromatic rings. The molecule has 144 valence electrons. The summed E-state index contributed by atoms with van der Waals surface area (Å²) in [5, 5.41) is 6.12. The van der Waals surface area contributed by atoms with Gasteiger partial charge in [0.05, 0.1) is 7.11 Å². The number of carbonyl (C=O) groups is 1. The van der Waals surface area contributed by atoms with Gasteiger partial charge in [-0.05, 0) is 42.7 Å². The second-order valence-corrected chi connectivity index (χ2v) is 6.21. The highest BCUT2D eigenvalue weighted by Gasteiger charge is 2.10. The van der Waals surface area contributed by atoms with E-state index in [-0.39, 0.29) is 5.91 Å². The number of ether oxygens (including phenoxy) is 1.